The molecule has 1 aliphatic rings. The molecule has 33 heavy (non-hydrogen) atoms. The van der Waals surface area contributed by atoms with E-state index in [0.717, 1.165) is 60.2 Å². The van der Waals surface area contributed by atoms with Gasteiger partial charge in [0, 0.05) is 30.2 Å². The second kappa shape index (κ2) is 10.9. The topological polar surface area (TPSA) is 96.0 Å². The van der Waals surface area contributed by atoms with Crippen molar-refractivity contribution in [1.29, 1.82) is 0 Å². The van der Waals surface area contributed by atoms with Gasteiger partial charge in [0.15, 0.2) is 0 Å². The Bertz CT molecular complexity index is 1130. The maximum atomic E-state index is 12.4. The minimum atomic E-state index is -0.203. The Balaban J connectivity index is 1.21. The summed E-state index contributed by atoms with van der Waals surface area (Å²) in [6, 6.07) is 14.0. The minimum absolute atomic E-state index is 0.0304. The van der Waals surface area contributed by atoms with Crippen molar-refractivity contribution in [3.8, 4) is 0 Å². The van der Waals surface area contributed by atoms with Crippen molar-refractivity contribution in [3.63, 3.8) is 0 Å². The van der Waals surface area contributed by atoms with E-state index in [1.165, 1.54) is 5.56 Å². The van der Waals surface area contributed by atoms with Crippen LogP contribution >= 0.6 is 0 Å². The van der Waals surface area contributed by atoms with E-state index in [-0.39, 0.29) is 24.4 Å². The number of hydrogen-bond acceptors (Lipinski definition) is 5. The summed E-state index contributed by atoms with van der Waals surface area (Å²) in [5.74, 6) is 0.652. The van der Waals surface area contributed by atoms with E-state index in [1.54, 1.807) is 6.20 Å². The molecule has 1 atom stereocenters. The number of rotatable bonds is 9. The molecule has 2 aromatic heterocycles. The number of carbonyl (C=O) groups is 2. The standard InChI is InChI=1S/C26H31N5O2/c1-2-22(20-15-19-7-3-4-10-23(19)28-16-20)31-25(33)17-29-24(32)11-5-9-21-13-12-18-8-6-14-27-26(18)30-21/h3-4,7,10,12-13,15-16,22H,2,5-6,8-9,11,14,17H2,1H3,(H,27,30)(H,29,32)(H,31,33). The average Bonchev–Trinajstić information content (AvgIpc) is 2.85. The zero-order chi connectivity index (χ0) is 23.0. The van der Waals surface area contributed by atoms with Gasteiger partial charge in [-0.1, -0.05) is 31.2 Å². The number of fused-ring (bicyclic) bond motifs is 2. The number of carbonyl (C=O) groups excluding carboxylic acids is 2. The maximum Gasteiger partial charge on any atom is 0.239 e. The molecule has 0 fully saturated rings. The molecule has 1 aromatic carbocycles. The van der Waals surface area contributed by atoms with E-state index < -0.39 is 0 Å². The fraction of sp³-hybridized carbons (Fsp3) is 0.385. The lowest BCUT2D eigenvalue weighted by molar-refractivity contribution is -0.126. The number of pyridine rings is 2. The molecule has 4 rings (SSSR count). The third-order valence-electron chi connectivity index (χ3n) is 5.99. The molecule has 172 valence electrons. The molecule has 0 spiro atoms. The lowest BCUT2D eigenvalue weighted by Gasteiger charge is -2.18. The van der Waals surface area contributed by atoms with Crippen LogP contribution in [0.1, 0.15) is 55.5 Å². The van der Waals surface area contributed by atoms with Gasteiger partial charge in [-0.15, -0.1) is 0 Å². The van der Waals surface area contributed by atoms with Crippen LogP contribution in [0, 0.1) is 0 Å². The number of aryl methyl sites for hydroxylation is 2. The Morgan fingerprint density at radius 1 is 1.15 bits per heavy atom. The highest BCUT2D eigenvalue weighted by molar-refractivity contribution is 5.85. The number of hydrogen-bond donors (Lipinski definition) is 3. The van der Waals surface area contributed by atoms with Crippen LogP contribution in [-0.2, 0) is 22.4 Å². The van der Waals surface area contributed by atoms with Crippen LogP contribution in [0.5, 0.6) is 0 Å². The lowest BCUT2D eigenvalue weighted by Crippen LogP contribution is -2.38. The summed E-state index contributed by atoms with van der Waals surface area (Å²) >= 11 is 0. The first kappa shape index (κ1) is 22.7. The van der Waals surface area contributed by atoms with Crippen molar-refractivity contribution in [2.75, 3.05) is 18.4 Å². The van der Waals surface area contributed by atoms with Crippen molar-refractivity contribution in [3.05, 3.63) is 65.5 Å². The van der Waals surface area contributed by atoms with Crippen LogP contribution in [0.25, 0.3) is 10.9 Å². The molecular weight excluding hydrogens is 414 g/mol. The number of nitrogens with one attached hydrogen (secondary N) is 3. The number of nitrogens with zero attached hydrogens (tertiary/aromatic N) is 2. The van der Waals surface area contributed by atoms with E-state index in [9.17, 15) is 9.59 Å². The molecule has 3 heterocycles. The summed E-state index contributed by atoms with van der Waals surface area (Å²) in [5, 5.41) is 10.1. The summed E-state index contributed by atoms with van der Waals surface area (Å²) in [6.45, 7) is 2.95. The van der Waals surface area contributed by atoms with Crippen molar-refractivity contribution >= 4 is 28.5 Å². The lowest BCUT2D eigenvalue weighted by atomic mass is 10.0. The molecule has 0 bridgehead atoms. The van der Waals surface area contributed by atoms with Crippen LogP contribution in [0.4, 0.5) is 5.82 Å². The SMILES string of the molecule is CCC(NC(=O)CNC(=O)CCCc1ccc2c(n1)NCCC2)c1cnc2ccccc2c1. The van der Waals surface area contributed by atoms with Crippen molar-refractivity contribution in [2.45, 2.75) is 51.5 Å². The van der Waals surface area contributed by atoms with E-state index in [1.807, 2.05) is 37.3 Å². The van der Waals surface area contributed by atoms with Crippen LogP contribution in [-0.4, -0.2) is 34.9 Å². The number of benzene rings is 1. The molecule has 2 amide bonds. The average molecular weight is 446 g/mol. The molecule has 0 aliphatic carbocycles. The second-order valence-electron chi connectivity index (χ2n) is 8.46. The number of para-hydroxylation sites is 1. The second-order valence-corrected chi connectivity index (χ2v) is 8.46. The van der Waals surface area contributed by atoms with Gasteiger partial charge in [-0.05, 0) is 61.4 Å². The van der Waals surface area contributed by atoms with Gasteiger partial charge in [0.1, 0.15) is 5.82 Å². The number of aromatic nitrogens is 2. The van der Waals surface area contributed by atoms with Gasteiger partial charge in [0.05, 0.1) is 18.1 Å². The first-order chi connectivity index (χ1) is 16.1. The molecule has 3 aromatic rings. The predicted octanol–water partition coefficient (Wildman–Crippen LogP) is 3.69. The molecule has 7 heteroatoms. The molecule has 0 radical (unpaired) electrons. The van der Waals surface area contributed by atoms with Gasteiger partial charge in [-0.2, -0.15) is 0 Å². The zero-order valence-corrected chi connectivity index (χ0v) is 19.1. The molecule has 1 aliphatic heterocycles. The van der Waals surface area contributed by atoms with Crippen molar-refractivity contribution < 1.29 is 9.59 Å². The van der Waals surface area contributed by atoms with Gasteiger partial charge in [-0.25, -0.2) is 4.98 Å². The zero-order valence-electron chi connectivity index (χ0n) is 19.1. The Morgan fingerprint density at radius 3 is 2.91 bits per heavy atom. The third kappa shape index (κ3) is 6.06. The highest BCUT2D eigenvalue weighted by Crippen LogP contribution is 2.21. The van der Waals surface area contributed by atoms with Crippen LogP contribution < -0.4 is 16.0 Å². The Kier molecular flexibility index (Phi) is 7.50. The monoisotopic (exact) mass is 445 g/mol. The fourth-order valence-electron chi connectivity index (χ4n) is 4.15. The molecular formula is C26H31N5O2. The molecule has 0 saturated carbocycles. The normalized spacial score (nSPS) is 13.6. The molecule has 1 unspecified atom stereocenters. The largest absolute Gasteiger partial charge is 0.370 e. The fourth-order valence-corrected chi connectivity index (χ4v) is 4.15. The predicted molar refractivity (Wildman–Crippen MR) is 130 cm³/mol. The van der Waals surface area contributed by atoms with Gasteiger partial charge in [0.25, 0.3) is 0 Å². The van der Waals surface area contributed by atoms with Crippen LogP contribution in [0.2, 0.25) is 0 Å². The van der Waals surface area contributed by atoms with E-state index >= 15 is 0 Å². The summed E-state index contributed by atoms with van der Waals surface area (Å²) in [6.07, 6.45) is 6.55. The summed E-state index contributed by atoms with van der Waals surface area (Å²) in [5.41, 5.74) is 4.14. The van der Waals surface area contributed by atoms with E-state index in [0.29, 0.717) is 12.8 Å². The molecule has 7 nitrogen and oxygen atoms in total. The van der Waals surface area contributed by atoms with Gasteiger partial charge in [-0.3, -0.25) is 14.6 Å². The van der Waals surface area contributed by atoms with E-state index in [2.05, 4.69) is 38.1 Å². The summed E-state index contributed by atoms with van der Waals surface area (Å²) < 4.78 is 0. The minimum Gasteiger partial charge on any atom is -0.370 e. The quantitative estimate of drug-likeness (QED) is 0.467. The van der Waals surface area contributed by atoms with Crippen LogP contribution in [0.3, 0.4) is 0 Å². The smallest absolute Gasteiger partial charge is 0.239 e. The Hall–Kier alpha value is -3.48. The first-order valence-electron chi connectivity index (χ1n) is 11.8. The van der Waals surface area contributed by atoms with Crippen molar-refractivity contribution in [1.82, 2.24) is 20.6 Å². The van der Waals surface area contributed by atoms with Gasteiger partial charge in [0.2, 0.25) is 11.8 Å². The van der Waals surface area contributed by atoms with Gasteiger partial charge < -0.3 is 16.0 Å². The summed E-state index contributed by atoms with van der Waals surface area (Å²) in [7, 11) is 0. The molecule has 0 saturated heterocycles. The van der Waals surface area contributed by atoms with Crippen molar-refractivity contribution in [2.24, 2.45) is 0 Å². The number of amides is 2. The maximum absolute atomic E-state index is 12.4. The Labute approximate surface area is 194 Å². The first-order valence-corrected chi connectivity index (χ1v) is 11.8. The molecule has 3 N–H and O–H groups in total. The highest BCUT2D eigenvalue weighted by atomic mass is 16.2. The number of anilines is 1. The van der Waals surface area contributed by atoms with Gasteiger partial charge >= 0.3 is 0 Å². The van der Waals surface area contributed by atoms with Crippen LogP contribution in [0.15, 0.2) is 48.7 Å². The highest BCUT2D eigenvalue weighted by Gasteiger charge is 2.15. The van der Waals surface area contributed by atoms with E-state index in [4.69, 9.17) is 0 Å². The summed E-state index contributed by atoms with van der Waals surface area (Å²) in [4.78, 5) is 33.8. The Morgan fingerprint density at radius 2 is 2.03 bits per heavy atom. The third-order valence-corrected chi connectivity index (χ3v) is 5.99.